The average Bonchev–Trinajstić information content (AvgIpc) is 3.67. The molecule has 1 aromatic rings. The van der Waals surface area contributed by atoms with E-state index in [4.69, 9.17) is 11.5 Å². The van der Waals surface area contributed by atoms with E-state index in [1.54, 1.807) is 12.1 Å². The molecule has 2 bridgehead atoms. The lowest BCUT2D eigenvalue weighted by Gasteiger charge is -2.31. The first-order chi connectivity index (χ1) is 27.2. The summed E-state index contributed by atoms with van der Waals surface area (Å²) in [7, 11) is 0. The van der Waals surface area contributed by atoms with Crippen molar-refractivity contribution < 1.29 is 33.9 Å². The second-order valence-corrected chi connectivity index (χ2v) is 16.4. The Morgan fingerprint density at radius 1 is 1.04 bits per heavy atom. The summed E-state index contributed by atoms with van der Waals surface area (Å²) in [5.41, 5.74) is 13.3. The average molecular weight is 796 g/mol. The quantitative estimate of drug-likeness (QED) is 0.108. The molecule has 318 valence electrons. The number of carbonyl (C=O) groups excluding carboxylic acids is 6. The summed E-state index contributed by atoms with van der Waals surface area (Å²) in [6.45, 7) is 10.8. The highest BCUT2D eigenvalue weighted by atomic mass is 16.3. The Bertz CT molecular complexity index is 1550. The van der Waals surface area contributed by atoms with Crippen LogP contribution in [-0.2, 0) is 41.6 Å². The molecule has 0 radical (unpaired) electrons. The van der Waals surface area contributed by atoms with Gasteiger partial charge < -0.3 is 42.7 Å². The van der Waals surface area contributed by atoms with Gasteiger partial charge in [-0.15, -0.1) is 0 Å². The zero-order valence-corrected chi connectivity index (χ0v) is 34.8. The zero-order chi connectivity index (χ0) is 42.1. The summed E-state index contributed by atoms with van der Waals surface area (Å²) in [6, 6.07) is 0.307. The number of amides is 4. The second kappa shape index (κ2) is 23.9. The number of nitrogens with zero attached hydrogens (tertiary/aromatic N) is 1. The van der Waals surface area contributed by atoms with Gasteiger partial charge in [0.15, 0.2) is 5.78 Å². The maximum Gasteiger partial charge on any atom is 0.245 e. The van der Waals surface area contributed by atoms with Gasteiger partial charge in [0.25, 0.3) is 0 Å². The Morgan fingerprint density at radius 3 is 2.47 bits per heavy atom. The van der Waals surface area contributed by atoms with Gasteiger partial charge in [-0.1, -0.05) is 58.4 Å². The predicted molar refractivity (Wildman–Crippen MR) is 221 cm³/mol. The van der Waals surface area contributed by atoms with Crippen molar-refractivity contribution in [3.05, 3.63) is 41.5 Å². The van der Waals surface area contributed by atoms with Crippen molar-refractivity contribution in [3.63, 3.8) is 0 Å². The fraction of sp³-hybridized carbons (Fsp3) is 0.674. The molecule has 14 nitrogen and oxygen atoms in total. The minimum Gasteiger partial charge on any atom is -0.508 e. The number of rotatable bonds is 14. The van der Waals surface area contributed by atoms with E-state index in [0.717, 1.165) is 12.8 Å². The van der Waals surface area contributed by atoms with E-state index in [2.05, 4.69) is 21.3 Å². The van der Waals surface area contributed by atoms with Crippen LogP contribution in [0.1, 0.15) is 110 Å². The Morgan fingerprint density at radius 2 is 1.79 bits per heavy atom. The molecule has 0 saturated carbocycles. The molecule has 57 heavy (non-hydrogen) atoms. The maximum atomic E-state index is 14.4. The molecule has 1 unspecified atom stereocenters. The number of aromatic hydroxyl groups is 1. The summed E-state index contributed by atoms with van der Waals surface area (Å²) >= 11 is 0. The molecule has 2 aliphatic heterocycles. The van der Waals surface area contributed by atoms with Crippen molar-refractivity contribution in [2.75, 3.05) is 26.2 Å². The van der Waals surface area contributed by atoms with Gasteiger partial charge in [0.05, 0.1) is 12.1 Å². The van der Waals surface area contributed by atoms with Gasteiger partial charge >= 0.3 is 0 Å². The van der Waals surface area contributed by atoms with Crippen molar-refractivity contribution in [1.82, 2.24) is 26.2 Å². The minimum absolute atomic E-state index is 0.00177. The SMILES string of the molecule is CCC(C)[C@H](NC(=O)[C@@H]1Cc2ccc(O)c(c2)CC=CCCCNC[C@H](N)C(=O)N[C@@H](CCCCN)C(=O)N2CCC[C@H]2C(=O)N1)C(=O)C[C@@H](CC(C)C)C(C)=O. The summed E-state index contributed by atoms with van der Waals surface area (Å²) in [4.78, 5) is 83.8. The van der Waals surface area contributed by atoms with Crippen molar-refractivity contribution in [1.29, 1.82) is 0 Å². The summed E-state index contributed by atoms with van der Waals surface area (Å²) in [5, 5.41) is 22.6. The fourth-order valence-corrected chi connectivity index (χ4v) is 7.56. The molecule has 0 spiro atoms. The molecule has 14 heteroatoms. The fourth-order valence-electron chi connectivity index (χ4n) is 7.56. The first kappa shape index (κ1) is 47.2. The number of Topliss-reactive ketones (excluding diaryl/α,β-unsaturated/α-hetero) is 2. The predicted octanol–water partition coefficient (Wildman–Crippen LogP) is 2.58. The third-order valence-electron chi connectivity index (χ3n) is 11.2. The minimum atomic E-state index is -1.15. The van der Waals surface area contributed by atoms with Crippen molar-refractivity contribution >= 4 is 35.2 Å². The van der Waals surface area contributed by atoms with Crippen molar-refractivity contribution in [2.24, 2.45) is 29.2 Å². The van der Waals surface area contributed by atoms with Crippen LogP contribution in [0.25, 0.3) is 0 Å². The molecule has 0 aliphatic carbocycles. The Balaban J connectivity index is 2.00. The highest BCUT2D eigenvalue weighted by molar-refractivity contribution is 5.97. The summed E-state index contributed by atoms with van der Waals surface area (Å²) in [6.07, 6.45) is 9.57. The number of ketones is 2. The molecule has 4 amide bonds. The molecule has 1 saturated heterocycles. The van der Waals surface area contributed by atoms with Crippen LogP contribution in [0.4, 0.5) is 0 Å². The van der Waals surface area contributed by atoms with Crippen molar-refractivity contribution in [2.45, 2.75) is 142 Å². The summed E-state index contributed by atoms with van der Waals surface area (Å²) < 4.78 is 0. The monoisotopic (exact) mass is 796 g/mol. The third-order valence-corrected chi connectivity index (χ3v) is 11.2. The molecule has 1 aromatic carbocycles. The Labute approximate surface area is 339 Å². The molecule has 7 atom stereocenters. The molecular weight excluding hydrogens is 727 g/mol. The largest absolute Gasteiger partial charge is 0.508 e. The van der Waals surface area contributed by atoms with Crippen LogP contribution >= 0.6 is 0 Å². The van der Waals surface area contributed by atoms with E-state index in [1.807, 2.05) is 45.9 Å². The number of nitrogens with one attached hydrogen (secondary N) is 4. The number of hydrogen-bond acceptors (Lipinski definition) is 10. The van der Waals surface area contributed by atoms with Gasteiger partial charge in [-0.2, -0.15) is 0 Å². The van der Waals surface area contributed by atoms with E-state index < -0.39 is 59.8 Å². The number of allylic oxidation sites excluding steroid dienone is 2. The zero-order valence-electron chi connectivity index (χ0n) is 34.8. The van der Waals surface area contributed by atoms with E-state index >= 15 is 0 Å². The molecular formula is C43H69N7O7. The number of fused-ring (bicyclic) bond motifs is 3. The van der Waals surface area contributed by atoms with Crippen molar-refractivity contribution in [3.8, 4) is 5.75 Å². The summed E-state index contributed by atoms with van der Waals surface area (Å²) in [5.74, 6) is -2.71. The highest BCUT2D eigenvalue weighted by Crippen LogP contribution is 2.24. The van der Waals surface area contributed by atoms with Gasteiger partial charge in [-0.25, -0.2) is 0 Å². The van der Waals surface area contributed by atoms with Gasteiger partial charge in [-0.3, -0.25) is 28.8 Å². The van der Waals surface area contributed by atoms with Crippen LogP contribution in [0.3, 0.4) is 0 Å². The first-order valence-corrected chi connectivity index (χ1v) is 21.0. The van der Waals surface area contributed by atoms with E-state index in [0.29, 0.717) is 75.6 Å². The topological polar surface area (TPSA) is 226 Å². The van der Waals surface area contributed by atoms with Crippen LogP contribution in [0.15, 0.2) is 30.4 Å². The number of benzene rings is 1. The van der Waals surface area contributed by atoms with Crippen LogP contribution in [-0.4, -0.2) is 102 Å². The van der Waals surface area contributed by atoms with E-state index in [1.165, 1.54) is 11.8 Å². The standard InChI is InChI=1S/C43H69N7O7/c1-6-28(4)39(38(53)25-32(29(5)51)22-27(2)3)49-41(55)35-24-30-17-18-37(52)31(23-30)14-9-7-8-12-20-46-26-33(45)40(54)47-34(15-10-11-19-44)43(57)50-21-13-16-36(50)42(56)48-35/h7,9,17-18,23,27-28,32-36,39,46,52H,6,8,10-16,19-22,24-26,44-45H2,1-5H3,(H,47,54)(H,48,56)(H,49,55)/t28?,32-,33+,34+,35+,36+,39+/m1/s1. The molecule has 2 aliphatic rings. The lowest BCUT2D eigenvalue weighted by Crippen LogP contribution is -2.59. The molecule has 1 fully saturated rings. The Hall–Kier alpha value is -4.14. The third kappa shape index (κ3) is 15.0. The van der Waals surface area contributed by atoms with E-state index in [-0.39, 0.29) is 55.1 Å². The van der Waals surface area contributed by atoms with Crippen LogP contribution in [0, 0.1) is 17.8 Å². The first-order valence-electron chi connectivity index (χ1n) is 21.0. The second-order valence-electron chi connectivity index (χ2n) is 16.4. The lowest BCUT2D eigenvalue weighted by molar-refractivity contribution is -0.142. The number of phenolic OH excluding ortho intramolecular Hbond substituents is 1. The smallest absolute Gasteiger partial charge is 0.245 e. The number of nitrogens with two attached hydrogens (primary N) is 2. The van der Waals surface area contributed by atoms with E-state index in [9.17, 15) is 33.9 Å². The maximum absolute atomic E-state index is 14.4. The van der Waals surface area contributed by atoms with Gasteiger partial charge in [0, 0.05) is 31.8 Å². The molecule has 9 N–H and O–H groups in total. The normalized spacial score (nSPS) is 23.3. The molecule has 0 aromatic heterocycles. The van der Waals surface area contributed by atoms with Gasteiger partial charge in [0.2, 0.25) is 23.6 Å². The number of hydrogen-bond donors (Lipinski definition) is 7. The van der Waals surface area contributed by atoms with Gasteiger partial charge in [-0.05, 0) is 107 Å². The number of phenols is 1. The number of carbonyl (C=O) groups is 6. The Kier molecular flexibility index (Phi) is 19.8. The lowest BCUT2D eigenvalue weighted by atomic mass is 9.85. The highest BCUT2D eigenvalue weighted by Gasteiger charge is 2.40. The van der Waals surface area contributed by atoms with Gasteiger partial charge in [0.1, 0.15) is 29.7 Å². The molecule has 3 rings (SSSR count). The van der Waals surface area contributed by atoms with Crippen LogP contribution in [0.5, 0.6) is 5.75 Å². The molecule has 2 heterocycles. The van der Waals surface area contributed by atoms with Crippen LogP contribution < -0.4 is 32.7 Å². The number of unbranched alkanes of at least 4 members (excludes halogenated alkanes) is 1. The van der Waals surface area contributed by atoms with Crippen LogP contribution in [0.2, 0.25) is 0 Å².